The van der Waals surface area contributed by atoms with Crippen molar-refractivity contribution in [2.45, 2.75) is 13.3 Å². The smallest absolute Gasteiger partial charge is 0.228 e. The van der Waals surface area contributed by atoms with E-state index in [4.69, 9.17) is 4.52 Å². The summed E-state index contributed by atoms with van der Waals surface area (Å²) in [5, 5.41) is 6.86. The Balaban J connectivity index is 2.27. The first-order valence-corrected chi connectivity index (χ1v) is 5.44. The van der Waals surface area contributed by atoms with Crippen molar-refractivity contribution < 1.29 is 8.91 Å². The number of aromatic nitrogens is 2. The molecule has 0 spiro atoms. The monoisotopic (exact) mass is 235 g/mol. The number of halogens is 1. The van der Waals surface area contributed by atoms with Gasteiger partial charge in [0.15, 0.2) is 0 Å². The van der Waals surface area contributed by atoms with Gasteiger partial charge in [-0.05, 0) is 31.7 Å². The first-order chi connectivity index (χ1) is 8.20. The largest absolute Gasteiger partial charge is 0.339 e. The van der Waals surface area contributed by atoms with Crippen LogP contribution in [0.25, 0.3) is 11.4 Å². The number of nitrogens with one attached hydrogen (secondary N) is 1. The molecule has 1 heterocycles. The number of nitrogens with zero attached hydrogens (tertiary/aromatic N) is 2. The normalized spacial score (nSPS) is 10.8. The molecule has 17 heavy (non-hydrogen) atoms. The second-order valence-electron chi connectivity index (χ2n) is 3.82. The Hall–Kier alpha value is -1.75. The number of benzene rings is 1. The highest BCUT2D eigenvalue weighted by Crippen LogP contribution is 2.21. The third-order valence-corrected chi connectivity index (χ3v) is 2.50. The molecular formula is C12H14FN3O. The van der Waals surface area contributed by atoms with Crippen LogP contribution >= 0.6 is 0 Å². The van der Waals surface area contributed by atoms with Gasteiger partial charge < -0.3 is 9.84 Å². The van der Waals surface area contributed by atoms with Crippen LogP contribution in [0.4, 0.5) is 4.39 Å². The van der Waals surface area contributed by atoms with Gasteiger partial charge in [-0.25, -0.2) is 4.39 Å². The minimum atomic E-state index is -0.299. The quantitative estimate of drug-likeness (QED) is 0.880. The molecule has 90 valence electrons. The van der Waals surface area contributed by atoms with Gasteiger partial charge in [-0.2, -0.15) is 4.98 Å². The van der Waals surface area contributed by atoms with Crippen molar-refractivity contribution in [2.24, 2.45) is 0 Å². The molecule has 0 radical (unpaired) electrons. The van der Waals surface area contributed by atoms with Gasteiger partial charge >= 0.3 is 0 Å². The average Bonchev–Trinajstić information content (AvgIpc) is 2.78. The Kier molecular flexibility index (Phi) is 3.49. The van der Waals surface area contributed by atoms with E-state index in [1.165, 1.54) is 12.1 Å². The van der Waals surface area contributed by atoms with Crippen LogP contribution in [0, 0.1) is 12.7 Å². The van der Waals surface area contributed by atoms with Gasteiger partial charge in [-0.1, -0.05) is 11.2 Å². The van der Waals surface area contributed by atoms with Crippen LogP contribution in [0.15, 0.2) is 22.7 Å². The molecule has 0 fully saturated rings. The summed E-state index contributed by atoms with van der Waals surface area (Å²) in [5.74, 6) is 0.693. The second-order valence-corrected chi connectivity index (χ2v) is 3.82. The van der Waals surface area contributed by atoms with Crippen LogP contribution in [-0.2, 0) is 6.42 Å². The summed E-state index contributed by atoms with van der Waals surface area (Å²) in [4.78, 5) is 4.24. The fraction of sp³-hybridized carbons (Fsp3) is 0.333. The van der Waals surface area contributed by atoms with Crippen molar-refractivity contribution in [2.75, 3.05) is 13.6 Å². The maximum atomic E-state index is 13.1. The van der Waals surface area contributed by atoms with E-state index < -0.39 is 0 Å². The summed E-state index contributed by atoms with van der Waals surface area (Å²) in [6, 6.07) is 4.54. The summed E-state index contributed by atoms with van der Waals surface area (Å²) in [7, 11) is 1.86. The summed E-state index contributed by atoms with van der Waals surface area (Å²) >= 11 is 0. The Morgan fingerprint density at radius 3 is 3.00 bits per heavy atom. The maximum Gasteiger partial charge on any atom is 0.228 e. The molecule has 0 bridgehead atoms. The summed E-state index contributed by atoms with van der Waals surface area (Å²) in [6.07, 6.45) is 0.665. The summed E-state index contributed by atoms with van der Waals surface area (Å²) in [6.45, 7) is 2.65. The van der Waals surface area contributed by atoms with E-state index in [-0.39, 0.29) is 5.82 Å². The van der Waals surface area contributed by atoms with E-state index in [9.17, 15) is 4.39 Å². The molecule has 0 aliphatic rings. The Bertz CT molecular complexity index is 510. The van der Waals surface area contributed by atoms with E-state index in [0.29, 0.717) is 23.7 Å². The van der Waals surface area contributed by atoms with Crippen molar-refractivity contribution in [3.8, 4) is 11.4 Å². The van der Waals surface area contributed by atoms with Crippen molar-refractivity contribution in [1.82, 2.24) is 15.5 Å². The molecule has 0 amide bonds. The van der Waals surface area contributed by atoms with Crippen molar-refractivity contribution in [3.63, 3.8) is 0 Å². The zero-order chi connectivity index (χ0) is 12.3. The lowest BCUT2D eigenvalue weighted by molar-refractivity contribution is 0.377. The lowest BCUT2D eigenvalue weighted by Crippen LogP contribution is -2.10. The van der Waals surface area contributed by atoms with E-state index in [0.717, 1.165) is 12.1 Å². The average molecular weight is 235 g/mol. The molecule has 4 nitrogen and oxygen atoms in total. The molecule has 0 saturated heterocycles. The predicted molar refractivity (Wildman–Crippen MR) is 62.1 cm³/mol. The first-order valence-electron chi connectivity index (χ1n) is 5.44. The molecule has 0 saturated carbocycles. The number of hydrogen-bond acceptors (Lipinski definition) is 4. The minimum Gasteiger partial charge on any atom is -0.339 e. The van der Waals surface area contributed by atoms with Crippen LogP contribution in [0.2, 0.25) is 0 Å². The SMILES string of the molecule is CNCCc1nc(-c2cc(F)ccc2C)no1. The highest BCUT2D eigenvalue weighted by Gasteiger charge is 2.11. The molecule has 2 aromatic rings. The van der Waals surface area contributed by atoms with Gasteiger partial charge in [0.2, 0.25) is 11.7 Å². The van der Waals surface area contributed by atoms with Gasteiger partial charge in [0.05, 0.1) is 0 Å². The topological polar surface area (TPSA) is 51.0 Å². The molecule has 0 aliphatic heterocycles. The molecule has 1 N–H and O–H groups in total. The maximum absolute atomic E-state index is 13.1. The van der Waals surface area contributed by atoms with E-state index >= 15 is 0 Å². The van der Waals surface area contributed by atoms with E-state index in [1.54, 1.807) is 6.07 Å². The van der Waals surface area contributed by atoms with Crippen molar-refractivity contribution in [3.05, 3.63) is 35.5 Å². The Morgan fingerprint density at radius 1 is 1.41 bits per heavy atom. The van der Waals surface area contributed by atoms with E-state index in [2.05, 4.69) is 15.5 Å². The third kappa shape index (κ3) is 2.68. The zero-order valence-electron chi connectivity index (χ0n) is 9.83. The molecule has 1 aromatic carbocycles. The Morgan fingerprint density at radius 2 is 2.24 bits per heavy atom. The van der Waals surface area contributed by atoms with Gasteiger partial charge in [-0.15, -0.1) is 0 Å². The third-order valence-electron chi connectivity index (χ3n) is 2.50. The predicted octanol–water partition coefficient (Wildman–Crippen LogP) is 1.95. The molecular weight excluding hydrogens is 221 g/mol. The standard InChI is InChI=1S/C12H14FN3O/c1-8-3-4-9(13)7-10(8)12-15-11(17-16-12)5-6-14-2/h3-4,7,14H,5-6H2,1-2H3. The van der Waals surface area contributed by atoms with Crippen LogP contribution in [0.1, 0.15) is 11.5 Å². The van der Waals surface area contributed by atoms with Crippen LogP contribution < -0.4 is 5.32 Å². The Labute approximate surface area is 98.8 Å². The zero-order valence-corrected chi connectivity index (χ0v) is 9.83. The summed E-state index contributed by atoms with van der Waals surface area (Å²) < 4.78 is 18.2. The van der Waals surface area contributed by atoms with Crippen molar-refractivity contribution in [1.29, 1.82) is 0 Å². The van der Waals surface area contributed by atoms with Crippen molar-refractivity contribution >= 4 is 0 Å². The molecule has 0 aliphatic carbocycles. The van der Waals surface area contributed by atoms with Crippen LogP contribution in [0.3, 0.4) is 0 Å². The molecule has 0 unspecified atom stereocenters. The van der Waals surface area contributed by atoms with Crippen LogP contribution in [0.5, 0.6) is 0 Å². The summed E-state index contributed by atoms with van der Waals surface area (Å²) in [5.41, 5.74) is 1.59. The molecule has 5 heteroatoms. The number of likely N-dealkylation sites (N-methyl/N-ethyl adjacent to an activating group) is 1. The number of hydrogen-bond donors (Lipinski definition) is 1. The van der Waals surface area contributed by atoms with Gasteiger partial charge in [-0.3, -0.25) is 0 Å². The highest BCUT2D eigenvalue weighted by molar-refractivity contribution is 5.59. The molecule has 2 rings (SSSR count). The fourth-order valence-electron chi connectivity index (χ4n) is 1.53. The molecule has 0 atom stereocenters. The first kappa shape index (κ1) is 11.7. The number of rotatable bonds is 4. The molecule has 1 aromatic heterocycles. The van der Waals surface area contributed by atoms with Gasteiger partial charge in [0, 0.05) is 18.5 Å². The second kappa shape index (κ2) is 5.05. The minimum absolute atomic E-state index is 0.299. The van der Waals surface area contributed by atoms with Gasteiger partial charge in [0.1, 0.15) is 5.82 Å². The van der Waals surface area contributed by atoms with E-state index in [1.807, 2.05) is 14.0 Å². The van der Waals surface area contributed by atoms with Gasteiger partial charge in [0.25, 0.3) is 0 Å². The highest BCUT2D eigenvalue weighted by atomic mass is 19.1. The lowest BCUT2D eigenvalue weighted by Gasteiger charge is -1.99. The lowest BCUT2D eigenvalue weighted by atomic mass is 10.1. The number of aryl methyl sites for hydroxylation is 1. The fourth-order valence-corrected chi connectivity index (χ4v) is 1.53. The van der Waals surface area contributed by atoms with Crippen LogP contribution in [-0.4, -0.2) is 23.7 Å².